The van der Waals surface area contributed by atoms with Crippen molar-refractivity contribution in [3.8, 4) is 11.8 Å². The maximum absolute atomic E-state index is 8.60. The van der Waals surface area contributed by atoms with Crippen LogP contribution in [0.2, 0.25) is 0 Å². The molecular weight excluding hydrogens is 260 g/mol. The van der Waals surface area contributed by atoms with Gasteiger partial charge in [-0.05, 0) is 36.1 Å². The molecule has 0 heterocycles. The minimum Gasteiger partial charge on any atom is -0.493 e. The summed E-state index contributed by atoms with van der Waals surface area (Å²) in [6, 6.07) is 15.4. The van der Waals surface area contributed by atoms with Gasteiger partial charge in [0.2, 0.25) is 0 Å². The third kappa shape index (κ3) is 3.53. The highest BCUT2D eigenvalue weighted by Gasteiger charge is 2.21. The zero-order valence-corrected chi connectivity index (χ0v) is 12.1. The van der Waals surface area contributed by atoms with Crippen LogP contribution < -0.4 is 10.1 Å². The van der Waals surface area contributed by atoms with Crippen LogP contribution in [0.15, 0.2) is 36.4 Å². The average molecular weight is 280 g/mol. The summed E-state index contributed by atoms with van der Waals surface area (Å²) in [4.78, 5) is 0. The first kappa shape index (κ1) is 13.9. The molecule has 1 saturated carbocycles. The number of ether oxygens (including phenoxy) is 1. The van der Waals surface area contributed by atoms with Crippen molar-refractivity contribution in [3.63, 3.8) is 0 Å². The predicted octanol–water partition coefficient (Wildman–Crippen LogP) is 3.77. The Bertz CT molecular complexity index is 656. The molecule has 2 aromatic carbocycles. The van der Waals surface area contributed by atoms with E-state index >= 15 is 0 Å². The molecule has 0 amide bonds. The minimum atomic E-state index is 0.545. The van der Waals surface area contributed by atoms with Gasteiger partial charge in [0.05, 0.1) is 12.7 Å². The van der Waals surface area contributed by atoms with E-state index in [4.69, 9.17) is 10.00 Å². The van der Waals surface area contributed by atoms with Crippen molar-refractivity contribution < 1.29 is 4.74 Å². The molecule has 0 unspecified atom stereocenters. The van der Waals surface area contributed by atoms with Crippen LogP contribution in [0.1, 0.15) is 31.2 Å². The molecule has 3 rings (SSSR count). The quantitative estimate of drug-likeness (QED) is 0.785. The Morgan fingerprint density at radius 2 is 2.05 bits per heavy atom. The molecule has 0 spiro atoms. The van der Waals surface area contributed by atoms with Gasteiger partial charge in [0, 0.05) is 24.6 Å². The van der Waals surface area contributed by atoms with Gasteiger partial charge >= 0.3 is 0 Å². The van der Waals surface area contributed by atoms with Gasteiger partial charge in [-0.2, -0.15) is 5.26 Å². The second-order valence-corrected chi connectivity index (χ2v) is 5.53. The van der Waals surface area contributed by atoms with Crippen LogP contribution in [0.3, 0.4) is 0 Å². The lowest BCUT2D eigenvalue weighted by Gasteiger charge is -2.14. The van der Waals surface area contributed by atoms with Gasteiger partial charge in [-0.1, -0.05) is 30.3 Å². The number of rotatable bonds is 7. The van der Waals surface area contributed by atoms with Crippen LogP contribution in [-0.2, 0) is 6.54 Å². The van der Waals surface area contributed by atoms with Gasteiger partial charge < -0.3 is 10.1 Å². The van der Waals surface area contributed by atoms with Gasteiger partial charge in [0.25, 0.3) is 0 Å². The van der Waals surface area contributed by atoms with Gasteiger partial charge in [-0.25, -0.2) is 0 Å². The molecule has 0 bridgehead atoms. The first-order valence-electron chi connectivity index (χ1n) is 7.62. The fourth-order valence-electron chi connectivity index (χ4n) is 2.50. The van der Waals surface area contributed by atoms with Crippen LogP contribution in [-0.4, -0.2) is 12.6 Å². The maximum Gasteiger partial charge on any atom is 0.124 e. The van der Waals surface area contributed by atoms with Crippen molar-refractivity contribution in [1.82, 2.24) is 5.32 Å². The molecular formula is C18H20N2O. The summed E-state index contributed by atoms with van der Waals surface area (Å²) in [7, 11) is 0. The van der Waals surface area contributed by atoms with E-state index in [1.165, 1.54) is 29.2 Å². The van der Waals surface area contributed by atoms with Crippen LogP contribution in [0.4, 0.5) is 0 Å². The lowest BCUT2D eigenvalue weighted by molar-refractivity contribution is 0.309. The molecule has 108 valence electrons. The zero-order valence-electron chi connectivity index (χ0n) is 12.1. The van der Waals surface area contributed by atoms with E-state index in [2.05, 4.69) is 47.8 Å². The van der Waals surface area contributed by atoms with Crippen LogP contribution in [0.5, 0.6) is 5.75 Å². The van der Waals surface area contributed by atoms with Crippen molar-refractivity contribution in [1.29, 1.82) is 5.26 Å². The Balaban J connectivity index is 1.82. The summed E-state index contributed by atoms with van der Waals surface area (Å²) in [6.45, 7) is 1.45. The standard InChI is InChI=1S/C18H20N2O/c19-11-3-4-12-21-18-10-7-14-5-1-2-6-16(14)17(18)13-20-15-8-9-15/h1-2,5-7,10,15,20H,3-4,8-9,12-13H2. The Kier molecular flexibility index (Phi) is 4.37. The fourth-order valence-corrected chi connectivity index (χ4v) is 2.50. The molecule has 21 heavy (non-hydrogen) atoms. The highest BCUT2D eigenvalue weighted by Crippen LogP contribution is 2.29. The number of hydrogen-bond acceptors (Lipinski definition) is 3. The number of fused-ring (bicyclic) bond motifs is 1. The highest BCUT2D eigenvalue weighted by atomic mass is 16.5. The second-order valence-electron chi connectivity index (χ2n) is 5.53. The Morgan fingerprint density at radius 1 is 1.19 bits per heavy atom. The lowest BCUT2D eigenvalue weighted by Crippen LogP contribution is -2.16. The third-order valence-electron chi connectivity index (χ3n) is 3.83. The second kappa shape index (κ2) is 6.60. The molecule has 3 heteroatoms. The van der Waals surface area contributed by atoms with E-state index in [9.17, 15) is 0 Å². The molecule has 3 nitrogen and oxygen atoms in total. The van der Waals surface area contributed by atoms with Gasteiger partial charge in [0.1, 0.15) is 5.75 Å². The number of nitrogens with one attached hydrogen (secondary N) is 1. The first-order valence-corrected chi connectivity index (χ1v) is 7.62. The van der Waals surface area contributed by atoms with Crippen LogP contribution in [0.25, 0.3) is 10.8 Å². The predicted molar refractivity (Wildman–Crippen MR) is 84.2 cm³/mol. The van der Waals surface area contributed by atoms with Gasteiger partial charge in [0.15, 0.2) is 0 Å². The van der Waals surface area contributed by atoms with Gasteiger partial charge in [-0.15, -0.1) is 0 Å². The van der Waals surface area contributed by atoms with Gasteiger partial charge in [-0.3, -0.25) is 0 Å². The van der Waals surface area contributed by atoms with Crippen LogP contribution >= 0.6 is 0 Å². The van der Waals surface area contributed by atoms with Crippen molar-refractivity contribution >= 4 is 10.8 Å². The minimum absolute atomic E-state index is 0.545. The van der Waals surface area contributed by atoms with E-state index in [1.54, 1.807) is 0 Å². The summed E-state index contributed by atoms with van der Waals surface area (Å²) >= 11 is 0. The Hall–Kier alpha value is -2.05. The van der Waals surface area contributed by atoms with E-state index in [1.807, 2.05) is 0 Å². The Labute approximate surface area is 125 Å². The molecule has 0 aliphatic heterocycles. The number of hydrogen-bond donors (Lipinski definition) is 1. The smallest absolute Gasteiger partial charge is 0.124 e. The number of nitrogens with zero attached hydrogens (tertiary/aromatic N) is 1. The molecule has 0 atom stereocenters. The monoisotopic (exact) mass is 280 g/mol. The van der Waals surface area contributed by atoms with Crippen molar-refractivity contribution in [2.24, 2.45) is 0 Å². The summed E-state index contributed by atoms with van der Waals surface area (Å²) in [5.41, 5.74) is 1.23. The topological polar surface area (TPSA) is 45.0 Å². The van der Waals surface area contributed by atoms with Crippen molar-refractivity contribution in [2.75, 3.05) is 6.61 Å². The molecule has 1 fully saturated rings. The lowest BCUT2D eigenvalue weighted by atomic mass is 10.0. The average Bonchev–Trinajstić information content (AvgIpc) is 3.34. The number of nitriles is 1. The molecule has 0 aromatic heterocycles. The SMILES string of the molecule is N#CCCCOc1ccc2ccccc2c1CNC1CC1. The van der Waals surface area contributed by atoms with E-state index in [0.717, 1.165) is 18.7 Å². The summed E-state index contributed by atoms with van der Waals surface area (Å²) in [5.74, 6) is 0.944. The summed E-state index contributed by atoms with van der Waals surface area (Å²) in [6.07, 6.45) is 3.88. The number of benzene rings is 2. The highest BCUT2D eigenvalue weighted by molar-refractivity contribution is 5.87. The Morgan fingerprint density at radius 3 is 2.86 bits per heavy atom. The van der Waals surface area contributed by atoms with E-state index in [0.29, 0.717) is 19.1 Å². The molecule has 1 aliphatic carbocycles. The van der Waals surface area contributed by atoms with E-state index in [-0.39, 0.29) is 0 Å². The molecule has 1 aliphatic rings. The van der Waals surface area contributed by atoms with Crippen molar-refractivity contribution in [2.45, 2.75) is 38.3 Å². The summed E-state index contributed by atoms with van der Waals surface area (Å²) < 4.78 is 5.91. The zero-order chi connectivity index (χ0) is 14.5. The number of unbranched alkanes of at least 4 members (excludes halogenated alkanes) is 1. The normalized spacial score (nSPS) is 14.0. The molecule has 1 N–H and O–H groups in total. The van der Waals surface area contributed by atoms with E-state index < -0.39 is 0 Å². The third-order valence-corrected chi connectivity index (χ3v) is 3.83. The molecule has 0 radical (unpaired) electrons. The maximum atomic E-state index is 8.60. The largest absolute Gasteiger partial charge is 0.493 e. The molecule has 2 aromatic rings. The van der Waals surface area contributed by atoms with Crippen LogP contribution in [0, 0.1) is 11.3 Å². The van der Waals surface area contributed by atoms with Crippen molar-refractivity contribution in [3.05, 3.63) is 42.0 Å². The fraction of sp³-hybridized carbons (Fsp3) is 0.389. The summed E-state index contributed by atoms with van der Waals surface area (Å²) in [5, 5.41) is 14.7. The molecule has 0 saturated heterocycles. The first-order chi connectivity index (χ1) is 10.4.